The van der Waals surface area contributed by atoms with Crippen LogP contribution in [0.4, 0.5) is 8.78 Å². The molecule has 0 amide bonds. The number of hydrogen-bond donors (Lipinski definition) is 1. The van der Waals surface area contributed by atoms with Crippen LogP contribution in [0.15, 0.2) is 18.2 Å². The Balaban J connectivity index is 2.58. The van der Waals surface area contributed by atoms with E-state index in [0.29, 0.717) is 0 Å². The number of rotatable bonds is 4. The molecule has 0 radical (unpaired) electrons. The number of benzene rings is 1. The summed E-state index contributed by atoms with van der Waals surface area (Å²) in [6, 6.07) is 3.06. The summed E-state index contributed by atoms with van der Waals surface area (Å²) in [5.74, 6) is -1.42. The van der Waals surface area contributed by atoms with E-state index in [4.69, 9.17) is 4.74 Å². The van der Waals surface area contributed by atoms with Crippen LogP contribution in [0.2, 0.25) is 0 Å². The predicted octanol–water partition coefficient (Wildman–Crippen LogP) is 2.36. The molecule has 0 saturated carbocycles. The Kier molecular flexibility index (Phi) is 4.03. The summed E-state index contributed by atoms with van der Waals surface area (Å²) in [7, 11) is 0. The van der Waals surface area contributed by atoms with Crippen molar-refractivity contribution in [2.75, 3.05) is 6.61 Å². The van der Waals surface area contributed by atoms with E-state index in [2.05, 4.69) is 0 Å². The molecule has 1 aromatic carbocycles. The summed E-state index contributed by atoms with van der Waals surface area (Å²) in [6.07, 6.45) is -0.658. The van der Waals surface area contributed by atoms with Gasteiger partial charge >= 0.3 is 0 Å². The molecule has 1 atom stereocenters. The standard InChI is InChI=1S/C11H14F2O2/c1-7(2)10(14)6-15-11-4-3-8(12)5-9(11)13/h3-5,7,10,14H,6H2,1-2H3. The lowest BCUT2D eigenvalue weighted by Gasteiger charge is -2.15. The van der Waals surface area contributed by atoms with Gasteiger partial charge in [0.15, 0.2) is 11.6 Å². The Bertz CT molecular complexity index is 326. The highest BCUT2D eigenvalue weighted by Gasteiger charge is 2.11. The lowest BCUT2D eigenvalue weighted by atomic mass is 10.1. The van der Waals surface area contributed by atoms with E-state index in [1.165, 1.54) is 6.07 Å². The van der Waals surface area contributed by atoms with Gasteiger partial charge in [-0.3, -0.25) is 0 Å². The van der Waals surface area contributed by atoms with E-state index in [1.54, 1.807) is 0 Å². The third-order valence-corrected chi connectivity index (χ3v) is 2.07. The maximum atomic E-state index is 13.1. The highest BCUT2D eigenvalue weighted by Crippen LogP contribution is 2.18. The Morgan fingerprint density at radius 2 is 2.00 bits per heavy atom. The lowest BCUT2D eigenvalue weighted by Crippen LogP contribution is -2.23. The normalized spacial score (nSPS) is 12.9. The highest BCUT2D eigenvalue weighted by atomic mass is 19.1. The van der Waals surface area contributed by atoms with E-state index < -0.39 is 17.7 Å². The summed E-state index contributed by atoms with van der Waals surface area (Å²) in [5.41, 5.74) is 0. The zero-order chi connectivity index (χ0) is 11.4. The topological polar surface area (TPSA) is 29.5 Å². The summed E-state index contributed by atoms with van der Waals surface area (Å²) < 4.78 is 30.6. The van der Waals surface area contributed by atoms with E-state index in [1.807, 2.05) is 13.8 Å². The van der Waals surface area contributed by atoms with Crippen LogP contribution in [-0.2, 0) is 0 Å². The van der Waals surface area contributed by atoms with E-state index in [0.717, 1.165) is 12.1 Å². The van der Waals surface area contributed by atoms with Gasteiger partial charge in [0.25, 0.3) is 0 Å². The zero-order valence-corrected chi connectivity index (χ0v) is 8.71. The van der Waals surface area contributed by atoms with Crippen molar-refractivity contribution in [3.05, 3.63) is 29.8 Å². The molecule has 0 aliphatic heterocycles. The van der Waals surface area contributed by atoms with Crippen molar-refractivity contribution in [1.82, 2.24) is 0 Å². The van der Waals surface area contributed by atoms with E-state index in [-0.39, 0.29) is 18.3 Å². The summed E-state index contributed by atoms with van der Waals surface area (Å²) in [4.78, 5) is 0. The Morgan fingerprint density at radius 3 is 2.53 bits per heavy atom. The minimum Gasteiger partial charge on any atom is -0.488 e. The number of aliphatic hydroxyl groups excluding tert-OH is 1. The first-order chi connectivity index (χ1) is 7.00. The molecule has 0 bridgehead atoms. The number of halogens is 2. The number of aliphatic hydroxyl groups is 1. The van der Waals surface area contributed by atoms with Crippen molar-refractivity contribution in [3.63, 3.8) is 0 Å². The first kappa shape index (κ1) is 11.9. The van der Waals surface area contributed by atoms with Crippen LogP contribution in [0.5, 0.6) is 5.75 Å². The Labute approximate surface area is 87.5 Å². The van der Waals surface area contributed by atoms with Crippen molar-refractivity contribution >= 4 is 0 Å². The van der Waals surface area contributed by atoms with Gasteiger partial charge in [-0.25, -0.2) is 8.78 Å². The largest absolute Gasteiger partial charge is 0.488 e. The summed E-state index contributed by atoms with van der Waals surface area (Å²) >= 11 is 0. The molecule has 0 aliphatic carbocycles. The molecule has 1 N–H and O–H groups in total. The van der Waals surface area contributed by atoms with Gasteiger partial charge in [0.1, 0.15) is 12.4 Å². The fraction of sp³-hybridized carbons (Fsp3) is 0.455. The molecule has 0 aromatic heterocycles. The first-order valence-corrected chi connectivity index (χ1v) is 4.76. The van der Waals surface area contributed by atoms with Crippen molar-refractivity contribution in [2.45, 2.75) is 20.0 Å². The smallest absolute Gasteiger partial charge is 0.167 e. The molecule has 1 rings (SSSR count). The fourth-order valence-corrected chi connectivity index (χ4v) is 0.960. The highest BCUT2D eigenvalue weighted by molar-refractivity contribution is 5.24. The molecule has 1 aromatic rings. The SMILES string of the molecule is CC(C)C(O)COc1ccc(F)cc1F. The molecule has 84 valence electrons. The van der Waals surface area contributed by atoms with Crippen LogP contribution >= 0.6 is 0 Å². The second kappa shape index (κ2) is 5.07. The van der Waals surface area contributed by atoms with Crippen LogP contribution in [-0.4, -0.2) is 17.8 Å². The minimum atomic E-state index is -0.758. The maximum absolute atomic E-state index is 13.1. The van der Waals surface area contributed by atoms with Crippen molar-refractivity contribution in [1.29, 1.82) is 0 Å². The second-order valence-corrected chi connectivity index (χ2v) is 3.70. The van der Waals surface area contributed by atoms with Crippen LogP contribution < -0.4 is 4.74 Å². The summed E-state index contributed by atoms with van der Waals surface area (Å²) in [6.45, 7) is 3.66. The van der Waals surface area contributed by atoms with Gasteiger partial charge in [-0.15, -0.1) is 0 Å². The number of ether oxygens (including phenoxy) is 1. The fourth-order valence-electron chi connectivity index (χ4n) is 0.960. The average Bonchev–Trinajstić information content (AvgIpc) is 2.15. The molecule has 0 saturated heterocycles. The van der Waals surface area contributed by atoms with Crippen LogP contribution in [0.3, 0.4) is 0 Å². The van der Waals surface area contributed by atoms with Crippen molar-refractivity contribution < 1.29 is 18.6 Å². The molecule has 4 heteroatoms. The van der Waals surface area contributed by atoms with Gasteiger partial charge in [0.05, 0.1) is 6.10 Å². The molecule has 0 spiro atoms. The van der Waals surface area contributed by atoms with Gasteiger partial charge in [-0.1, -0.05) is 13.8 Å². The average molecular weight is 216 g/mol. The quantitative estimate of drug-likeness (QED) is 0.837. The molecule has 15 heavy (non-hydrogen) atoms. The predicted molar refractivity (Wildman–Crippen MR) is 52.7 cm³/mol. The second-order valence-electron chi connectivity index (χ2n) is 3.70. The van der Waals surface area contributed by atoms with Crippen molar-refractivity contribution in [3.8, 4) is 5.75 Å². The van der Waals surface area contributed by atoms with Gasteiger partial charge < -0.3 is 9.84 Å². The Hall–Kier alpha value is -1.16. The lowest BCUT2D eigenvalue weighted by molar-refractivity contribution is 0.0684. The molecular weight excluding hydrogens is 202 g/mol. The molecule has 1 unspecified atom stereocenters. The van der Waals surface area contributed by atoms with E-state index in [9.17, 15) is 13.9 Å². The zero-order valence-electron chi connectivity index (χ0n) is 8.71. The third-order valence-electron chi connectivity index (χ3n) is 2.07. The molecule has 0 heterocycles. The third kappa shape index (κ3) is 3.47. The van der Waals surface area contributed by atoms with Gasteiger partial charge in [0.2, 0.25) is 0 Å². The Morgan fingerprint density at radius 1 is 1.33 bits per heavy atom. The van der Waals surface area contributed by atoms with Crippen molar-refractivity contribution in [2.24, 2.45) is 5.92 Å². The molecule has 0 aliphatic rings. The van der Waals surface area contributed by atoms with Gasteiger partial charge in [-0.2, -0.15) is 0 Å². The van der Waals surface area contributed by atoms with Crippen LogP contribution in [0, 0.1) is 17.6 Å². The molecule has 2 nitrogen and oxygen atoms in total. The molecule has 0 fully saturated rings. The monoisotopic (exact) mass is 216 g/mol. The minimum absolute atomic E-state index is 0.000217. The molecular formula is C11H14F2O2. The maximum Gasteiger partial charge on any atom is 0.167 e. The van der Waals surface area contributed by atoms with Crippen LogP contribution in [0.1, 0.15) is 13.8 Å². The summed E-state index contributed by atoms with van der Waals surface area (Å²) in [5, 5.41) is 9.41. The van der Waals surface area contributed by atoms with Gasteiger partial charge in [-0.05, 0) is 18.1 Å². The first-order valence-electron chi connectivity index (χ1n) is 4.76. The van der Waals surface area contributed by atoms with E-state index >= 15 is 0 Å². The van der Waals surface area contributed by atoms with Crippen LogP contribution in [0.25, 0.3) is 0 Å². The number of hydrogen-bond acceptors (Lipinski definition) is 2. The van der Waals surface area contributed by atoms with Gasteiger partial charge in [0, 0.05) is 6.07 Å².